The summed E-state index contributed by atoms with van der Waals surface area (Å²) in [6, 6.07) is 0. The van der Waals surface area contributed by atoms with Gasteiger partial charge < -0.3 is 10.4 Å². The van der Waals surface area contributed by atoms with Crippen LogP contribution in [0.2, 0.25) is 0 Å². The summed E-state index contributed by atoms with van der Waals surface area (Å²) in [5.74, 6) is -0.961. The zero-order valence-corrected chi connectivity index (χ0v) is 12.0. The molecular weight excluding hydrogens is 242 g/mol. The van der Waals surface area contributed by atoms with Crippen LogP contribution in [-0.4, -0.2) is 22.5 Å². The number of aliphatic carboxylic acids is 1. The molecule has 0 unspecified atom stereocenters. The molecule has 0 heterocycles. The number of carboxylic acid groups (broad SMARTS) is 1. The molecule has 0 aliphatic heterocycles. The van der Waals surface area contributed by atoms with Crippen molar-refractivity contribution in [2.45, 2.75) is 83.1 Å². The first-order chi connectivity index (χ1) is 9.10. The van der Waals surface area contributed by atoms with Gasteiger partial charge in [0.25, 0.3) is 0 Å². The number of amides is 1. The number of nitrogens with one attached hydrogen (secondary N) is 1. The Morgan fingerprint density at radius 2 is 1.68 bits per heavy atom. The van der Waals surface area contributed by atoms with E-state index in [1.165, 1.54) is 0 Å². The molecule has 0 atom stereocenters. The zero-order chi connectivity index (χ0) is 14.1. The van der Waals surface area contributed by atoms with Gasteiger partial charge in [0.15, 0.2) is 0 Å². The molecule has 110 valence electrons. The standard InChI is InChI=1S/C15H27NO3/c1-2-3-4-7-10-13(17)16-15(14(18)19)11-8-5-6-9-12-15/h2-12H2,1H3,(H,16,17)(H,18,19). The van der Waals surface area contributed by atoms with Gasteiger partial charge in [0.2, 0.25) is 5.91 Å². The quantitative estimate of drug-likeness (QED) is 0.550. The monoisotopic (exact) mass is 269 g/mol. The van der Waals surface area contributed by atoms with Crippen LogP contribution in [0.3, 0.4) is 0 Å². The molecule has 0 spiro atoms. The molecule has 0 bridgehead atoms. The minimum atomic E-state index is -1.00. The smallest absolute Gasteiger partial charge is 0.329 e. The number of carbonyl (C=O) groups is 2. The number of carbonyl (C=O) groups excluding carboxylic acids is 1. The average molecular weight is 269 g/mol. The molecule has 1 amide bonds. The van der Waals surface area contributed by atoms with Crippen molar-refractivity contribution in [1.82, 2.24) is 5.32 Å². The first-order valence-electron chi connectivity index (χ1n) is 7.65. The highest BCUT2D eigenvalue weighted by atomic mass is 16.4. The Balaban J connectivity index is 2.48. The van der Waals surface area contributed by atoms with E-state index < -0.39 is 11.5 Å². The maximum absolute atomic E-state index is 11.9. The Hall–Kier alpha value is -1.06. The van der Waals surface area contributed by atoms with Crippen LogP contribution in [0.25, 0.3) is 0 Å². The van der Waals surface area contributed by atoms with Crippen LogP contribution in [0, 0.1) is 0 Å². The molecule has 4 heteroatoms. The Labute approximate surface area is 116 Å². The SMILES string of the molecule is CCCCCCC(=O)NC1(C(=O)O)CCCCCC1. The first kappa shape index (κ1) is 16.0. The number of hydrogen-bond donors (Lipinski definition) is 2. The van der Waals surface area contributed by atoms with E-state index in [0.29, 0.717) is 19.3 Å². The third-order valence-corrected chi connectivity index (χ3v) is 4.00. The normalized spacial score (nSPS) is 18.6. The van der Waals surface area contributed by atoms with E-state index in [-0.39, 0.29) is 5.91 Å². The molecule has 2 N–H and O–H groups in total. The highest BCUT2D eigenvalue weighted by Gasteiger charge is 2.39. The van der Waals surface area contributed by atoms with Gasteiger partial charge in [-0.05, 0) is 19.3 Å². The van der Waals surface area contributed by atoms with Crippen LogP contribution < -0.4 is 5.32 Å². The fourth-order valence-corrected chi connectivity index (χ4v) is 2.77. The van der Waals surface area contributed by atoms with Crippen molar-refractivity contribution in [2.75, 3.05) is 0 Å². The van der Waals surface area contributed by atoms with Crippen molar-refractivity contribution in [1.29, 1.82) is 0 Å². The lowest BCUT2D eigenvalue weighted by molar-refractivity contribution is -0.148. The molecule has 19 heavy (non-hydrogen) atoms. The van der Waals surface area contributed by atoms with Crippen LogP contribution in [0.5, 0.6) is 0 Å². The molecule has 1 aliphatic rings. The van der Waals surface area contributed by atoms with Gasteiger partial charge in [-0.3, -0.25) is 4.79 Å². The summed E-state index contributed by atoms with van der Waals surface area (Å²) < 4.78 is 0. The number of unbranched alkanes of at least 4 members (excludes halogenated alkanes) is 3. The highest BCUT2D eigenvalue weighted by molar-refractivity contribution is 5.87. The van der Waals surface area contributed by atoms with Gasteiger partial charge in [0, 0.05) is 6.42 Å². The van der Waals surface area contributed by atoms with Gasteiger partial charge in [-0.1, -0.05) is 51.9 Å². The largest absolute Gasteiger partial charge is 0.480 e. The summed E-state index contributed by atoms with van der Waals surface area (Å²) in [7, 11) is 0. The number of hydrogen-bond acceptors (Lipinski definition) is 2. The van der Waals surface area contributed by atoms with Gasteiger partial charge >= 0.3 is 5.97 Å². The lowest BCUT2D eigenvalue weighted by Gasteiger charge is -2.29. The molecular formula is C15H27NO3. The Morgan fingerprint density at radius 1 is 1.05 bits per heavy atom. The van der Waals surface area contributed by atoms with Crippen molar-refractivity contribution in [2.24, 2.45) is 0 Å². The molecule has 1 rings (SSSR count). The van der Waals surface area contributed by atoms with Gasteiger partial charge in [-0.2, -0.15) is 0 Å². The van der Waals surface area contributed by atoms with Gasteiger partial charge in [-0.15, -0.1) is 0 Å². The summed E-state index contributed by atoms with van der Waals surface area (Å²) in [5, 5.41) is 12.3. The maximum Gasteiger partial charge on any atom is 0.329 e. The molecule has 0 saturated heterocycles. The van der Waals surface area contributed by atoms with Gasteiger partial charge in [-0.25, -0.2) is 4.79 Å². The average Bonchev–Trinajstić information content (AvgIpc) is 2.61. The lowest BCUT2D eigenvalue weighted by atomic mass is 9.90. The van der Waals surface area contributed by atoms with Crippen LogP contribution in [0.15, 0.2) is 0 Å². The molecule has 1 saturated carbocycles. The summed E-state index contributed by atoms with van der Waals surface area (Å²) in [6.45, 7) is 2.13. The third kappa shape index (κ3) is 5.21. The first-order valence-corrected chi connectivity index (χ1v) is 7.65. The molecule has 0 aromatic carbocycles. The van der Waals surface area contributed by atoms with Crippen molar-refractivity contribution >= 4 is 11.9 Å². The summed E-state index contributed by atoms with van der Waals surface area (Å²) >= 11 is 0. The Morgan fingerprint density at radius 3 is 2.21 bits per heavy atom. The predicted octanol–water partition coefficient (Wildman–Crippen LogP) is 3.25. The highest BCUT2D eigenvalue weighted by Crippen LogP contribution is 2.27. The Bertz CT molecular complexity index is 294. The second-order valence-corrected chi connectivity index (χ2v) is 5.66. The number of rotatable bonds is 7. The van der Waals surface area contributed by atoms with E-state index in [1.807, 2.05) is 0 Å². The van der Waals surface area contributed by atoms with E-state index in [9.17, 15) is 14.7 Å². The second-order valence-electron chi connectivity index (χ2n) is 5.66. The zero-order valence-electron chi connectivity index (χ0n) is 12.0. The summed E-state index contributed by atoms with van der Waals surface area (Å²) in [5.41, 5.74) is -1.00. The molecule has 0 radical (unpaired) electrons. The van der Waals surface area contributed by atoms with Crippen molar-refractivity contribution in [3.63, 3.8) is 0 Å². The van der Waals surface area contributed by atoms with E-state index in [0.717, 1.165) is 51.4 Å². The maximum atomic E-state index is 11.9. The predicted molar refractivity (Wildman–Crippen MR) is 75.0 cm³/mol. The molecule has 1 fully saturated rings. The van der Waals surface area contributed by atoms with Crippen molar-refractivity contribution in [3.8, 4) is 0 Å². The fraction of sp³-hybridized carbons (Fsp3) is 0.867. The van der Waals surface area contributed by atoms with Crippen molar-refractivity contribution < 1.29 is 14.7 Å². The van der Waals surface area contributed by atoms with Crippen LogP contribution in [0.4, 0.5) is 0 Å². The number of carboxylic acids is 1. The molecule has 0 aromatic heterocycles. The van der Waals surface area contributed by atoms with E-state index in [2.05, 4.69) is 12.2 Å². The van der Waals surface area contributed by atoms with Crippen LogP contribution >= 0.6 is 0 Å². The molecule has 0 aromatic rings. The third-order valence-electron chi connectivity index (χ3n) is 4.00. The van der Waals surface area contributed by atoms with E-state index in [4.69, 9.17) is 0 Å². The van der Waals surface area contributed by atoms with Crippen LogP contribution in [-0.2, 0) is 9.59 Å². The van der Waals surface area contributed by atoms with Gasteiger partial charge in [0.05, 0.1) is 0 Å². The molecule has 4 nitrogen and oxygen atoms in total. The van der Waals surface area contributed by atoms with Gasteiger partial charge in [0.1, 0.15) is 5.54 Å². The lowest BCUT2D eigenvalue weighted by Crippen LogP contribution is -2.54. The van der Waals surface area contributed by atoms with E-state index >= 15 is 0 Å². The minimum absolute atomic E-state index is 0.0968. The Kier molecular flexibility index (Phi) is 6.89. The fourth-order valence-electron chi connectivity index (χ4n) is 2.77. The topological polar surface area (TPSA) is 66.4 Å². The van der Waals surface area contributed by atoms with E-state index in [1.54, 1.807) is 0 Å². The van der Waals surface area contributed by atoms with Crippen molar-refractivity contribution in [3.05, 3.63) is 0 Å². The minimum Gasteiger partial charge on any atom is -0.480 e. The molecule has 1 aliphatic carbocycles. The summed E-state index contributed by atoms with van der Waals surface area (Å²) in [6.07, 6.45) is 9.70. The summed E-state index contributed by atoms with van der Waals surface area (Å²) in [4.78, 5) is 23.4. The second kappa shape index (κ2) is 8.18. The van der Waals surface area contributed by atoms with Crippen LogP contribution in [0.1, 0.15) is 77.6 Å².